The number of rotatable bonds is 3. The minimum Gasteiger partial charge on any atom is -0.376 e. The van der Waals surface area contributed by atoms with Gasteiger partial charge in [0.15, 0.2) is 6.17 Å². The van der Waals surface area contributed by atoms with E-state index >= 15 is 0 Å². The Morgan fingerprint density at radius 3 is 2.70 bits per heavy atom. The number of hydrogen-bond acceptors (Lipinski definition) is 3. The number of benzene rings is 1. The van der Waals surface area contributed by atoms with Gasteiger partial charge in [-0.25, -0.2) is 4.39 Å². The van der Waals surface area contributed by atoms with Gasteiger partial charge in [0.1, 0.15) is 0 Å². The number of carbonyl (C=O) groups excluding carboxylic acids is 2. The summed E-state index contributed by atoms with van der Waals surface area (Å²) in [5.74, 6) is -1.32. The molecular formula is C17H21FN2O3. The van der Waals surface area contributed by atoms with Gasteiger partial charge in [0, 0.05) is 24.6 Å². The maximum atomic E-state index is 13.7. The topological polar surface area (TPSA) is 72.6 Å². The second-order valence-electron chi connectivity index (χ2n) is 6.22. The summed E-state index contributed by atoms with van der Waals surface area (Å²) in [7, 11) is 0. The Kier molecular flexibility index (Phi) is 4.61. The number of likely N-dealkylation sites (tertiary alicyclic amines) is 1. The molecule has 23 heavy (non-hydrogen) atoms. The molecule has 1 aromatic rings. The van der Waals surface area contributed by atoms with Crippen molar-refractivity contribution in [1.29, 1.82) is 0 Å². The molecule has 0 saturated carbocycles. The van der Waals surface area contributed by atoms with Gasteiger partial charge in [-0.15, -0.1) is 0 Å². The summed E-state index contributed by atoms with van der Waals surface area (Å²) in [5, 5.41) is 0. The third-order valence-corrected chi connectivity index (χ3v) is 4.74. The lowest BCUT2D eigenvalue weighted by Crippen LogP contribution is -2.43. The van der Waals surface area contributed by atoms with E-state index in [4.69, 9.17) is 10.5 Å². The minimum absolute atomic E-state index is 0.0350. The van der Waals surface area contributed by atoms with Crippen molar-refractivity contribution in [3.05, 3.63) is 34.9 Å². The average Bonchev–Trinajstić information content (AvgIpc) is 2.60. The number of fused-ring (bicyclic) bond motifs is 1. The molecule has 2 heterocycles. The predicted molar refractivity (Wildman–Crippen MR) is 82.5 cm³/mol. The van der Waals surface area contributed by atoms with Crippen molar-refractivity contribution in [1.82, 2.24) is 4.90 Å². The molecule has 0 aliphatic carbocycles. The van der Waals surface area contributed by atoms with E-state index in [2.05, 4.69) is 0 Å². The maximum absolute atomic E-state index is 13.7. The van der Waals surface area contributed by atoms with Gasteiger partial charge in [-0.2, -0.15) is 0 Å². The van der Waals surface area contributed by atoms with Crippen LogP contribution in [-0.4, -0.2) is 42.6 Å². The van der Waals surface area contributed by atoms with E-state index in [1.807, 2.05) is 18.2 Å². The van der Waals surface area contributed by atoms with Crippen LogP contribution in [0.5, 0.6) is 0 Å². The van der Waals surface area contributed by atoms with Crippen LogP contribution in [-0.2, 0) is 22.6 Å². The zero-order valence-electron chi connectivity index (χ0n) is 13.0. The van der Waals surface area contributed by atoms with Gasteiger partial charge in [0.2, 0.25) is 0 Å². The van der Waals surface area contributed by atoms with Crippen LogP contribution in [0.25, 0.3) is 0 Å². The number of amides is 2. The Hall–Kier alpha value is -1.95. The Labute approximate surface area is 134 Å². The van der Waals surface area contributed by atoms with Gasteiger partial charge in [-0.3, -0.25) is 9.59 Å². The number of nitrogens with zero attached hydrogens (tertiary/aromatic N) is 1. The fourth-order valence-corrected chi connectivity index (χ4v) is 3.31. The van der Waals surface area contributed by atoms with Crippen LogP contribution in [0.3, 0.4) is 0 Å². The highest BCUT2D eigenvalue weighted by molar-refractivity contribution is 5.94. The number of primary amides is 1. The molecule has 2 aliphatic heterocycles. The third kappa shape index (κ3) is 3.37. The molecule has 3 rings (SSSR count). The molecule has 2 aliphatic rings. The van der Waals surface area contributed by atoms with Crippen LogP contribution in [0, 0.1) is 5.92 Å². The lowest BCUT2D eigenvalue weighted by Gasteiger charge is -2.33. The SMILES string of the molecule is NC(=O)C(F)C1CCN(C(=O)c2ccc3c(c2)CCOC3)CC1. The lowest BCUT2D eigenvalue weighted by atomic mass is 9.91. The Bertz CT molecular complexity index is 612. The molecule has 1 saturated heterocycles. The summed E-state index contributed by atoms with van der Waals surface area (Å²) < 4.78 is 19.1. The number of alkyl halides is 1. The van der Waals surface area contributed by atoms with Gasteiger partial charge in [-0.1, -0.05) is 6.07 Å². The van der Waals surface area contributed by atoms with E-state index in [0.717, 1.165) is 17.5 Å². The summed E-state index contributed by atoms with van der Waals surface area (Å²) in [6, 6.07) is 5.70. The van der Waals surface area contributed by atoms with E-state index in [1.54, 1.807) is 4.90 Å². The van der Waals surface area contributed by atoms with Gasteiger partial charge >= 0.3 is 0 Å². The maximum Gasteiger partial charge on any atom is 0.253 e. The molecule has 1 aromatic carbocycles. The highest BCUT2D eigenvalue weighted by atomic mass is 19.1. The van der Waals surface area contributed by atoms with Crippen LogP contribution < -0.4 is 5.73 Å². The number of carbonyl (C=O) groups is 2. The first-order valence-electron chi connectivity index (χ1n) is 7.98. The Morgan fingerprint density at radius 1 is 1.26 bits per heavy atom. The first-order chi connectivity index (χ1) is 11.1. The fourth-order valence-electron chi connectivity index (χ4n) is 3.31. The molecular weight excluding hydrogens is 299 g/mol. The quantitative estimate of drug-likeness (QED) is 0.916. The monoisotopic (exact) mass is 320 g/mol. The molecule has 2 amide bonds. The molecule has 0 spiro atoms. The molecule has 0 bridgehead atoms. The number of hydrogen-bond donors (Lipinski definition) is 1. The molecule has 1 unspecified atom stereocenters. The van der Waals surface area contributed by atoms with Gasteiger partial charge in [0.25, 0.3) is 11.8 Å². The second-order valence-corrected chi connectivity index (χ2v) is 6.22. The average molecular weight is 320 g/mol. The molecule has 6 heteroatoms. The first kappa shape index (κ1) is 15.9. The standard InChI is InChI=1S/C17H21FN2O3/c18-15(16(19)21)11-3-6-20(7-4-11)17(22)13-1-2-14-10-23-8-5-12(14)9-13/h1-2,9,11,15H,3-8,10H2,(H2,19,21). The predicted octanol–water partition coefficient (Wildman–Crippen LogP) is 1.43. The molecule has 5 nitrogen and oxygen atoms in total. The molecule has 0 radical (unpaired) electrons. The Balaban J connectivity index is 1.64. The highest BCUT2D eigenvalue weighted by Gasteiger charge is 2.31. The van der Waals surface area contributed by atoms with Crippen molar-refractivity contribution >= 4 is 11.8 Å². The van der Waals surface area contributed by atoms with E-state index in [9.17, 15) is 14.0 Å². The van der Waals surface area contributed by atoms with Crippen molar-refractivity contribution in [3.8, 4) is 0 Å². The van der Waals surface area contributed by atoms with Gasteiger partial charge in [-0.05, 0) is 42.5 Å². The Morgan fingerprint density at radius 2 is 2.00 bits per heavy atom. The van der Waals surface area contributed by atoms with Crippen molar-refractivity contribution in [2.45, 2.75) is 32.0 Å². The zero-order chi connectivity index (χ0) is 16.4. The van der Waals surface area contributed by atoms with Crippen molar-refractivity contribution in [3.63, 3.8) is 0 Å². The minimum atomic E-state index is -1.61. The summed E-state index contributed by atoms with van der Waals surface area (Å²) in [6.45, 7) is 2.19. The first-order valence-corrected chi connectivity index (χ1v) is 7.98. The third-order valence-electron chi connectivity index (χ3n) is 4.74. The molecule has 1 fully saturated rings. The number of piperidine rings is 1. The summed E-state index contributed by atoms with van der Waals surface area (Å²) in [4.78, 5) is 25.3. The van der Waals surface area contributed by atoms with E-state index in [0.29, 0.717) is 44.7 Å². The second kappa shape index (κ2) is 6.66. The molecule has 0 aromatic heterocycles. The highest BCUT2D eigenvalue weighted by Crippen LogP contribution is 2.25. The van der Waals surface area contributed by atoms with E-state index in [1.165, 1.54) is 0 Å². The van der Waals surface area contributed by atoms with Crippen molar-refractivity contribution in [2.75, 3.05) is 19.7 Å². The lowest BCUT2D eigenvalue weighted by molar-refractivity contribution is -0.125. The van der Waals surface area contributed by atoms with Crippen LogP contribution in [0.1, 0.15) is 34.3 Å². The molecule has 2 N–H and O–H groups in total. The largest absolute Gasteiger partial charge is 0.376 e. The van der Waals surface area contributed by atoms with Gasteiger partial charge < -0.3 is 15.4 Å². The van der Waals surface area contributed by atoms with E-state index in [-0.39, 0.29) is 11.8 Å². The van der Waals surface area contributed by atoms with E-state index < -0.39 is 12.1 Å². The van der Waals surface area contributed by atoms with Gasteiger partial charge in [0.05, 0.1) is 13.2 Å². The number of nitrogens with two attached hydrogens (primary N) is 1. The van der Waals surface area contributed by atoms with Crippen LogP contribution in [0.15, 0.2) is 18.2 Å². The fraction of sp³-hybridized carbons (Fsp3) is 0.529. The van der Waals surface area contributed by atoms with Crippen molar-refractivity contribution < 1.29 is 18.7 Å². The van der Waals surface area contributed by atoms with Crippen molar-refractivity contribution in [2.24, 2.45) is 11.7 Å². The molecule has 1 atom stereocenters. The van der Waals surface area contributed by atoms with Crippen LogP contribution in [0.4, 0.5) is 4.39 Å². The normalized spacial score (nSPS) is 20.0. The zero-order valence-corrected chi connectivity index (χ0v) is 13.0. The van der Waals surface area contributed by atoms with Crippen LogP contribution >= 0.6 is 0 Å². The number of ether oxygens (including phenoxy) is 1. The number of halogens is 1. The summed E-state index contributed by atoms with van der Waals surface area (Å²) in [6.07, 6.45) is 0.139. The summed E-state index contributed by atoms with van der Waals surface area (Å²) in [5.41, 5.74) is 7.97. The van der Waals surface area contributed by atoms with Crippen LogP contribution in [0.2, 0.25) is 0 Å². The smallest absolute Gasteiger partial charge is 0.253 e. The molecule has 124 valence electrons. The summed E-state index contributed by atoms with van der Waals surface area (Å²) >= 11 is 0.